The van der Waals surface area contributed by atoms with Crippen molar-refractivity contribution in [2.75, 3.05) is 20.8 Å². The number of cyclic esters (lactones) is 1. The van der Waals surface area contributed by atoms with Crippen LogP contribution in [-0.2, 0) is 19.1 Å². The molecular formula is C17H17NO5. The molecule has 6 heteroatoms. The summed E-state index contributed by atoms with van der Waals surface area (Å²) in [6.07, 6.45) is 0. The summed E-state index contributed by atoms with van der Waals surface area (Å²) in [5, 5.41) is 0. The van der Waals surface area contributed by atoms with Gasteiger partial charge in [-0.05, 0) is 13.0 Å². The molecule has 2 unspecified atom stereocenters. The molecule has 120 valence electrons. The highest BCUT2D eigenvalue weighted by molar-refractivity contribution is 6.07. The molecule has 3 rings (SSSR count). The molecule has 23 heavy (non-hydrogen) atoms. The first-order valence-corrected chi connectivity index (χ1v) is 7.24. The zero-order valence-corrected chi connectivity index (χ0v) is 13.2. The molecule has 0 spiro atoms. The van der Waals surface area contributed by atoms with Crippen LogP contribution in [0.5, 0.6) is 5.75 Å². The van der Waals surface area contributed by atoms with Gasteiger partial charge in [0.15, 0.2) is 0 Å². The molecule has 0 aliphatic carbocycles. The van der Waals surface area contributed by atoms with Crippen molar-refractivity contribution in [3.8, 4) is 5.75 Å². The van der Waals surface area contributed by atoms with Gasteiger partial charge in [-0.15, -0.1) is 0 Å². The van der Waals surface area contributed by atoms with Gasteiger partial charge in [0.25, 0.3) is 0 Å². The first kappa shape index (κ1) is 15.3. The van der Waals surface area contributed by atoms with Gasteiger partial charge in [0.1, 0.15) is 18.3 Å². The molecule has 0 N–H and O–H groups in total. The quantitative estimate of drug-likeness (QED) is 0.796. The van der Waals surface area contributed by atoms with Crippen molar-refractivity contribution in [2.24, 2.45) is 10.9 Å². The van der Waals surface area contributed by atoms with E-state index in [1.165, 1.54) is 7.11 Å². The van der Waals surface area contributed by atoms with Crippen molar-refractivity contribution < 1.29 is 23.8 Å². The van der Waals surface area contributed by atoms with Crippen molar-refractivity contribution in [1.82, 2.24) is 0 Å². The summed E-state index contributed by atoms with van der Waals surface area (Å²) in [5.74, 6) is -1.48. The number of methoxy groups -OCH3 is 2. The maximum absolute atomic E-state index is 12.3. The molecule has 1 aromatic rings. The van der Waals surface area contributed by atoms with E-state index in [1.807, 2.05) is 18.2 Å². The Labute approximate surface area is 133 Å². The number of ether oxygens (including phenoxy) is 3. The van der Waals surface area contributed by atoms with E-state index < -0.39 is 23.8 Å². The van der Waals surface area contributed by atoms with E-state index in [0.717, 1.165) is 5.56 Å². The van der Waals surface area contributed by atoms with Gasteiger partial charge in [0.2, 0.25) is 0 Å². The minimum absolute atomic E-state index is 0.130. The van der Waals surface area contributed by atoms with Crippen LogP contribution >= 0.6 is 0 Å². The monoisotopic (exact) mass is 315 g/mol. The van der Waals surface area contributed by atoms with Gasteiger partial charge < -0.3 is 14.2 Å². The SMILES string of the molecule is COC(=O)C1C(C)=NC2=C(C(=O)OC2)C1c1ccccc1OC. The molecule has 1 aromatic carbocycles. The molecule has 2 atom stereocenters. The third kappa shape index (κ3) is 2.40. The van der Waals surface area contributed by atoms with Crippen LogP contribution in [0.25, 0.3) is 0 Å². The highest BCUT2D eigenvalue weighted by Crippen LogP contribution is 2.44. The number of benzene rings is 1. The summed E-state index contributed by atoms with van der Waals surface area (Å²) < 4.78 is 15.5. The first-order valence-electron chi connectivity index (χ1n) is 7.24. The maximum atomic E-state index is 12.3. The van der Waals surface area contributed by atoms with Gasteiger partial charge in [0.05, 0.1) is 25.5 Å². The van der Waals surface area contributed by atoms with E-state index in [2.05, 4.69) is 4.99 Å². The lowest BCUT2D eigenvalue weighted by Crippen LogP contribution is -2.34. The predicted molar refractivity (Wildman–Crippen MR) is 82.3 cm³/mol. The van der Waals surface area contributed by atoms with Crippen molar-refractivity contribution in [3.63, 3.8) is 0 Å². The largest absolute Gasteiger partial charge is 0.496 e. The Morgan fingerprint density at radius 2 is 2.04 bits per heavy atom. The standard InChI is InChI=1S/C17H17NO5/c1-9-13(16(19)22-3)14(10-6-4-5-7-12(10)21-2)15-11(18-9)8-23-17(15)20/h4-7,13-14H,8H2,1-3H3. The number of carbonyl (C=O) groups excluding carboxylic acids is 2. The first-order chi connectivity index (χ1) is 11.1. The second kappa shape index (κ2) is 5.87. The van der Waals surface area contributed by atoms with E-state index >= 15 is 0 Å². The summed E-state index contributed by atoms with van der Waals surface area (Å²) in [6, 6.07) is 7.31. The predicted octanol–water partition coefficient (Wildman–Crippen LogP) is 1.85. The number of hydrogen-bond donors (Lipinski definition) is 0. The highest BCUT2D eigenvalue weighted by atomic mass is 16.5. The minimum atomic E-state index is -0.680. The summed E-state index contributed by atoms with van der Waals surface area (Å²) in [4.78, 5) is 28.9. The summed E-state index contributed by atoms with van der Waals surface area (Å²) >= 11 is 0. The Morgan fingerprint density at radius 1 is 1.30 bits per heavy atom. The minimum Gasteiger partial charge on any atom is -0.496 e. The lowest BCUT2D eigenvalue weighted by molar-refractivity contribution is -0.143. The number of hydrogen-bond acceptors (Lipinski definition) is 6. The normalized spacial score (nSPS) is 23.1. The van der Waals surface area contributed by atoms with Crippen LogP contribution in [0.1, 0.15) is 18.4 Å². The zero-order chi connectivity index (χ0) is 16.6. The fourth-order valence-electron chi connectivity index (χ4n) is 3.19. The van der Waals surface area contributed by atoms with Crippen LogP contribution in [0, 0.1) is 5.92 Å². The van der Waals surface area contributed by atoms with Gasteiger partial charge in [-0.1, -0.05) is 18.2 Å². The number of para-hydroxylation sites is 1. The second-order valence-electron chi connectivity index (χ2n) is 5.41. The Kier molecular flexibility index (Phi) is 3.90. The number of esters is 2. The number of carbonyl (C=O) groups is 2. The van der Waals surface area contributed by atoms with Gasteiger partial charge in [-0.25, -0.2) is 4.79 Å². The molecule has 2 aliphatic heterocycles. The van der Waals surface area contributed by atoms with E-state index in [9.17, 15) is 9.59 Å². The zero-order valence-electron chi connectivity index (χ0n) is 13.2. The van der Waals surface area contributed by atoms with Gasteiger partial charge in [-0.3, -0.25) is 9.79 Å². The number of nitrogens with zero attached hydrogens (tertiary/aromatic N) is 1. The van der Waals surface area contributed by atoms with Crippen LogP contribution in [0.2, 0.25) is 0 Å². The average Bonchev–Trinajstić information content (AvgIpc) is 2.93. The Bertz CT molecular complexity index is 734. The Balaban J connectivity index is 2.21. The van der Waals surface area contributed by atoms with Crippen molar-refractivity contribution in [2.45, 2.75) is 12.8 Å². The summed E-state index contributed by atoms with van der Waals surface area (Å²) in [6.45, 7) is 1.89. The molecule has 0 amide bonds. The molecule has 2 aliphatic rings. The van der Waals surface area contributed by atoms with Crippen molar-refractivity contribution >= 4 is 17.7 Å². The highest BCUT2D eigenvalue weighted by Gasteiger charge is 2.46. The van der Waals surface area contributed by atoms with Gasteiger partial charge in [-0.2, -0.15) is 0 Å². The van der Waals surface area contributed by atoms with E-state index in [1.54, 1.807) is 20.1 Å². The maximum Gasteiger partial charge on any atom is 0.337 e. The fourth-order valence-corrected chi connectivity index (χ4v) is 3.19. The van der Waals surface area contributed by atoms with Crippen LogP contribution in [-0.4, -0.2) is 38.5 Å². The number of aliphatic imine (C=N–C) groups is 1. The molecule has 0 aromatic heterocycles. The molecule has 2 heterocycles. The lowest BCUT2D eigenvalue weighted by atomic mass is 9.75. The topological polar surface area (TPSA) is 74.2 Å². The van der Waals surface area contributed by atoms with Crippen molar-refractivity contribution in [3.05, 3.63) is 41.1 Å². The molecule has 0 radical (unpaired) electrons. The van der Waals surface area contributed by atoms with Crippen molar-refractivity contribution in [1.29, 1.82) is 0 Å². The third-order valence-corrected chi connectivity index (χ3v) is 4.21. The van der Waals surface area contributed by atoms with E-state index in [0.29, 0.717) is 22.7 Å². The molecule has 0 saturated heterocycles. The van der Waals surface area contributed by atoms with Crippen LogP contribution < -0.4 is 4.74 Å². The van der Waals surface area contributed by atoms with Crippen LogP contribution in [0.4, 0.5) is 0 Å². The average molecular weight is 315 g/mol. The Hall–Kier alpha value is -2.63. The molecule has 0 saturated carbocycles. The molecule has 0 bridgehead atoms. The lowest BCUT2D eigenvalue weighted by Gasteiger charge is -2.29. The van der Waals surface area contributed by atoms with Crippen LogP contribution in [0.15, 0.2) is 40.5 Å². The summed E-state index contributed by atoms with van der Waals surface area (Å²) in [5.41, 5.74) is 2.33. The van der Waals surface area contributed by atoms with E-state index in [4.69, 9.17) is 14.2 Å². The third-order valence-electron chi connectivity index (χ3n) is 4.21. The summed E-state index contributed by atoms with van der Waals surface area (Å²) in [7, 11) is 2.88. The molecule has 0 fully saturated rings. The van der Waals surface area contributed by atoms with Gasteiger partial charge >= 0.3 is 11.9 Å². The fraction of sp³-hybridized carbons (Fsp3) is 0.353. The van der Waals surface area contributed by atoms with E-state index in [-0.39, 0.29) is 6.61 Å². The molecular weight excluding hydrogens is 298 g/mol. The molecule has 6 nitrogen and oxygen atoms in total. The van der Waals surface area contributed by atoms with Gasteiger partial charge in [0, 0.05) is 17.2 Å². The second-order valence-corrected chi connectivity index (χ2v) is 5.41. The van der Waals surface area contributed by atoms with Crippen LogP contribution in [0.3, 0.4) is 0 Å². The smallest absolute Gasteiger partial charge is 0.337 e. The Morgan fingerprint density at radius 3 is 2.74 bits per heavy atom. The number of rotatable bonds is 3.